The van der Waals surface area contributed by atoms with Gasteiger partial charge in [-0.25, -0.2) is 9.98 Å². The van der Waals surface area contributed by atoms with Gasteiger partial charge in [-0.2, -0.15) is 0 Å². The van der Waals surface area contributed by atoms with Crippen LogP contribution in [0, 0.1) is 0 Å². The minimum atomic E-state index is -0.0229. The Morgan fingerprint density at radius 2 is 2.00 bits per heavy atom. The molecule has 0 unspecified atom stereocenters. The molecule has 2 N–H and O–H groups in total. The first-order chi connectivity index (χ1) is 10.5. The predicted molar refractivity (Wildman–Crippen MR) is 107 cm³/mol. The van der Waals surface area contributed by atoms with Crippen LogP contribution in [0.2, 0.25) is 0 Å². The number of hydrogen-bond donors (Lipinski definition) is 2. The molecule has 126 valence electrons. The van der Waals surface area contributed by atoms with E-state index in [0.717, 1.165) is 23.8 Å². The molecule has 5 nitrogen and oxygen atoms in total. The third-order valence-corrected chi connectivity index (χ3v) is 3.02. The van der Waals surface area contributed by atoms with E-state index in [1.165, 1.54) is 0 Å². The molecule has 0 amide bonds. The minimum Gasteiger partial charge on any atom is -0.357 e. The molecule has 23 heavy (non-hydrogen) atoms. The number of benzene rings is 1. The van der Waals surface area contributed by atoms with E-state index < -0.39 is 0 Å². The summed E-state index contributed by atoms with van der Waals surface area (Å²) >= 11 is 0. The van der Waals surface area contributed by atoms with Crippen molar-refractivity contribution in [3.05, 3.63) is 48.5 Å². The summed E-state index contributed by atoms with van der Waals surface area (Å²) in [6, 6.07) is 8.24. The molecule has 0 aliphatic heterocycles. The fourth-order valence-corrected chi connectivity index (χ4v) is 2.12. The summed E-state index contributed by atoms with van der Waals surface area (Å²) in [5.41, 5.74) is 2.24. The molecule has 6 heteroatoms. The van der Waals surface area contributed by atoms with Crippen molar-refractivity contribution in [1.29, 1.82) is 0 Å². The first kappa shape index (κ1) is 19.5. The van der Waals surface area contributed by atoms with Crippen LogP contribution in [0.25, 0.3) is 5.69 Å². The highest BCUT2D eigenvalue weighted by atomic mass is 127. The largest absolute Gasteiger partial charge is 0.357 e. The molecule has 0 spiro atoms. The van der Waals surface area contributed by atoms with Crippen molar-refractivity contribution < 1.29 is 0 Å². The molecule has 1 aromatic carbocycles. The lowest BCUT2D eigenvalue weighted by Gasteiger charge is -2.23. The van der Waals surface area contributed by atoms with Gasteiger partial charge in [0.15, 0.2) is 5.96 Å². The number of halogens is 1. The second-order valence-electron chi connectivity index (χ2n) is 6.17. The highest BCUT2D eigenvalue weighted by Gasteiger charge is 2.12. The summed E-state index contributed by atoms with van der Waals surface area (Å²) in [7, 11) is 0. The molecule has 0 atom stereocenters. The standard InChI is InChI=1S/C17H25N5.HI/c1-5-19-16(21-17(2,3)4)20-12-14-8-6-7-9-15(14)22-11-10-18-13-22;/h6-11,13H,5,12H2,1-4H3,(H2,19,20,21);1H. The fourth-order valence-electron chi connectivity index (χ4n) is 2.12. The summed E-state index contributed by atoms with van der Waals surface area (Å²) in [5, 5.41) is 6.68. The van der Waals surface area contributed by atoms with Crippen LogP contribution in [0.1, 0.15) is 33.3 Å². The second-order valence-corrected chi connectivity index (χ2v) is 6.17. The molecular weight excluding hydrogens is 401 g/mol. The van der Waals surface area contributed by atoms with Gasteiger partial charge in [-0.05, 0) is 39.3 Å². The number of para-hydroxylation sites is 1. The average Bonchev–Trinajstić information content (AvgIpc) is 2.98. The van der Waals surface area contributed by atoms with E-state index in [4.69, 9.17) is 4.99 Å². The molecule has 2 aromatic rings. The minimum absolute atomic E-state index is 0. The maximum Gasteiger partial charge on any atom is 0.191 e. The van der Waals surface area contributed by atoms with Crippen LogP contribution < -0.4 is 10.6 Å². The van der Waals surface area contributed by atoms with Crippen molar-refractivity contribution in [2.75, 3.05) is 6.54 Å². The smallest absolute Gasteiger partial charge is 0.191 e. The predicted octanol–water partition coefficient (Wildman–Crippen LogP) is 3.34. The van der Waals surface area contributed by atoms with Gasteiger partial charge in [0.25, 0.3) is 0 Å². The van der Waals surface area contributed by atoms with E-state index in [-0.39, 0.29) is 29.5 Å². The number of aromatic nitrogens is 2. The van der Waals surface area contributed by atoms with Crippen molar-refractivity contribution in [2.24, 2.45) is 4.99 Å². The molecule has 1 heterocycles. The van der Waals surface area contributed by atoms with Gasteiger partial charge in [-0.3, -0.25) is 0 Å². The maximum absolute atomic E-state index is 4.70. The number of hydrogen-bond acceptors (Lipinski definition) is 2. The van der Waals surface area contributed by atoms with Crippen LogP contribution in [0.15, 0.2) is 48.0 Å². The molecular formula is C17H26IN5. The van der Waals surface area contributed by atoms with Gasteiger partial charge in [0.2, 0.25) is 0 Å². The molecule has 1 aromatic heterocycles. The molecule has 0 aliphatic rings. The number of imidazole rings is 1. The Morgan fingerprint density at radius 1 is 1.26 bits per heavy atom. The Balaban J connectivity index is 0.00000264. The molecule has 0 saturated carbocycles. The molecule has 0 saturated heterocycles. The number of aliphatic imine (C=N–C) groups is 1. The summed E-state index contributed by atoms with van der Waals surface area (Å²) in [5.74, 6) is 0.829. The Labute approximate surface area is 155 Å². The molecule has 0 radical (unpaired) electrons. The highest BCUT2D eigenvalue weighted by Crippen LogP contribution is 2.15. The van der Waals surface area contributed by atoms with E-state index in [1.807, 2.05) is 22.9 Å². The van der Waals surface area contributed by atoms with Gasteiger partial charge >= 0.3 is 0 Å². The monoisotopic (exact) mass is 427 g/mol. The Bertz CT molecular complexity index is 614. The van der Waals surface area contributed by atoms with E-state index in [9.17, 15) is 0 Å². The number of guanidine groups is 1. The summed E-state index contributed by atoms with van der Waals surface area (Å²) < 4.78 is 2.01. The third kappa shape index (κ3) is 6.21. The van der Waals surface area contributed by atoms with E-state index in [1.54, 1.807) is 12.5 Å². The summed E-state index contributed by atoms with van der Waals surface area (Å²) in [6.07, 6.45) is 5.54. The van der Waals surface area contributed by atoms with Crippen LogP contribution in [-0.4, -0.2) is 27.6 Å². The van der Waals surface area contributed by atoms with Crippen molar-refractivity contribution in [3.63, 3.8) is 0 Å². The zero-order chi connectivity index (χ0) is 16.0. The first-order valence-electron chi connectivity index (χ1n) is 7.62. The van der Waals surface area contributed by atoms with Crippen molar-refractivity contribution in [3.8, 4) is 5.69 Å². The zero-order valence-corrected chi connectivity index (χ0v) is 16.5. The van der Waals surface area contributed by atoms with Crippen LogP contribution in [0.5, 0.6) is 0 Å². The lowest BCUT2D eigenvalue weighted by atomic mass is 10.1. The van der Waals surface area contributed by atoms with E-state index in [0.29, 0.717) is 6.54 Å². The Morgan fingerprint density at radius 3 is 2.61 bits per heavy atom. The number of rotatable bonds is 4. The van der Waals surface area contributed by atoms with Crippen LogP contribution in [0.4, 0.5) is 0 Å². The van der Waals surface area contributed by atoms with Gasteiger partial charge in [0.1, 0.15) is 0 Å². The normalized spacial score (nSPS) is 11.7. The zero-order valence-electron chi connectivity index (χ0n) is 14.2. The lowest BCUT2D eigenvalue weighted by molar-refractivity contribution is 0.501. The SMILES string of the molecule is CCNC(=NCc1ccccc1-n1ccnc1)NC(C)(C)C.I. The molecule has 0 aliphatic carbocycles. The molecule has 0 fully saturated rings. The lowest BCUT2D eigenvalue weighted by Crippen LogP contribution is -2.47. The fraction of sp³-hybridized carbons (Fsp3) is 0.412. The Hall–Kier alpha value is -1.57. The number of nitrogens with zero attached hydrogens (tertiary/aromatic N) is 3. The van der Waals surface area contributed by atoms with E-state index >= 15 is 0 Å². The molecule has 2 rings (SSSR count). The Kier molecular flexibility index (Phi) is 7.54. The maximum atomic E-state index is 4.70. The summed E-state index contributed by atoms with van der Waals surface area (Å²) in [6.45, 7) is 9.89. The molecule has 0 bridgehead atoms. The van der Waals surface area contributed by atoms with Crippen LogP contribution in [-0.2, 0) is 6.54 Å². The van der Waals surface area contributed by atoms with Crippen LogP contribution in [0.3, 0.4) is 0 Å². The van der Waals surface area contributed by atoms with Gasteiger partial charge < -0.3 is 15.2 Å². The third-order valence-electron chi connectivity index (χ3n) is 3.02. The van der Waals surface area contributed by atoms with Gasteiger partial charge in [0, 0.05) is 24.5 Å². The van der Waals surface area contributed by atoms with Gasteiger partial charge in [-0.1, -0.05) is 18.2 Å². The topological polar surface area (TPSA) is 54.2 Å². The van der Waals surface area contributed by atoms with Crippen LogP contribution >= 0.6 is 24.0 Å². The summed E-state index contributed by atoms with van der Waals surface area (Å²) in [4.78, 5) is 8.82. The number of nitrogens with one attached hydrogen (secondary N) is 2. The highest BCUT2D eigenvalue weighted by molar-refractivity contribution is 14.0. The van der Waals surface area contributed by atoms with Crippen molar-refractivity contribution in [1.82, 2.24) is 20.2 Å². The quantitative estimate of drug-likeness (QED) is 0.447. The second kappa shape index (κ2) is 8.90. The van der Waals surface area contributed by atoms with Gasteiger partial charge in [-0.15, -0.1) is 24.0 Å². The van der Waals surface area contributed by atoms with E-state index in [2.05, 4.69) is 55.4 Å². The van der Waals surface area contributed by atoms with Crippen molar-refractivity contribution >= 4 is 29.9 Å². The first-order valence-corrected chi connectivity index (χ1v) is 7.62. The van der Waals surface area contributed by atoms with Gasteiger partial charge in [0.05, 0.1) is 18.6 Å². The van der Waals surface area contributed by atoms with Crippen molar-refractivity contribution in [2.45, 2.75) is 39.8 Å². The average molecular weight is 427 g/mol.